The van der Waals surface area contributed by atoms with Crippen molar-refractivity contribution in [1.82, 2.24) is 5.32 Å². The summed E-state index contributed by atoms with van der Waals surface area (Å²) in [7, 11) is 0. The Balaban J connectivity index is 1.64. The number of para-hydroxylation sites is 1. The van der Waals surface area contributed by atoms with Crippen molar-refractivity contribution >= 4 is 16.9 Å². The minimum absolute atomic E-state index is 0.0105. The van der Waals surface area contributed by atoms with Crippen molar-refractivity contribution in [3.05, 3.63) is 70.1 Å². The average Bonchev–Trinajstić information content (AvgIpc) is 2.96. The summed E-state index contributed by atoms with van der Waals surface area (Å²) in [5.41, 5.74) is 0.686. The highest BCUT2D eigenvalue weighted by Gasteiger charge is 2.23. The van der Waals surface area contributed by atoms with Gasteiger partial charge in [-0.2, -0.15) is 0 Å². The predicted octanol–water partition coefficient (Wildman–Crippen LogP) is 4.08. The Morgan fingerprint density at radius 1 is 1.00 bits per heavy atom. The highest BCUT2D eigenvalue weighted by atomic mass is 16.5. The minimum atomic E-state index is -0.651. The standard InChI is InChI=1S/C23H23NO5/c1-14(2)21(16-8-9-19-20(13-16)28-11-5-10-27-19)24-22(25)17-12-15-6-3-4-7-18(15)29-23(17)26/h3-4,6-9,12-14,21H,5,10-11H2,1-2H3,(H,24,25)/t21-/m1/s1. The van der Waals surface area contributed by atoms with Gasteiger partial charge in [0, 0.05) is 11.8 Å². The van der Waals surface area contributed by atoms with Gasteiger partial charge in [-0.05, 0) is 35.7 Å². The van der Waals surface area contributed by atoms with E-state index in [0.717, 1.165) is 12.0 Å². The van der Waals surface area contributed by atoms with Gasteiger partial charge >= 0.3 is 5.63 Å². The van der Waals surface area contributed by atoms with E-state index in [0.29, 0.717) is 35.7 Å². The molecular weight excluding hydrogens is 370 g/mol. The van der Waals surface area contributed by atoms with Crippen molar-refractivity contribution in [3.8, 4) is 11.5 Å². The van der Waals surface area contributed by atoms with Crippen LogP contribution in [0.4, 0.5) is 0 Å². The third kappa shape index (κ3) is 3.97. The second-order valence-electron chi connectivity index (χ2n) is 7.44. The molecule has 2 heterocycles. The van der Waals surface area contributed by atoms with Crippen LogP contribution in [0.1, 0.15) is 42.2 Å². The molecule has 0 fully saturated rings. The van der Waals surface area contributed by atoms with Crippen LogP contribution in [0.5, 0.6) is 11.5 Å². The summed E-state index contributed by atoms with van der Waals surface area (Å²) < 4.78 is 16.8. The molecule has 1 aromatic heterocycles. The van der Waals surface area contributed by atoms with Gasteiger partial charge in [-0.1, -0.05) is 38.1 Å². The zero-order valence-electron chi connectivity index (χ0n) is 16.4. The third-order valence-corrected chi connectivity index (χ3v) is 4.97. The highest BCUT2D eigenvalue weighted by Crippen LogP contribution is 2.34. The molecule has 3 aromatic rings. The van der Waals surface area contributed by atoms with Crippen molar-refractivity contribution in [1.29, 1.82) is 0 Å². The molecule has 1 atom stereocenters. The summed E-state index contributed by atoms with van der Waals surface area (Å²) in [6.45, 7) is 5.23. The number of nitrogens with one attached hydrogen (secondary N) is 1. The molecule has 6 heteroatoms. The van der Waals surface area contributed by atoms with E-state index in [-0.39, 0.29) is 17.5 Å². The second-order valence-corrected chi connectivity index (χ2v) is 7.44. The summed E-state index contributed by atoms with van der Waals surface area (Å²) in [6.07, 6.45) is 0.825. The van der Waals surface area contributed by atoms with E-state index in [1.54, 1.807) is 24.3 Å². The Kier molecular flexibility index (Phi) is 5.25. The molecule has 150 valence electrons. The first-order valence-electron chi connectivity index (χ1n) is 9.76. The summed E-state index contributed by atoms with van der Waals surface area (Å²) in [5.74, 6) is 1.01. The smallest absolute Gasteiger partial charge is 0.349 e. The SMILES string of the molecule is CC(C)[C@@H](NC(=O)c1cc2ccccc2oc1=O)c1ccc2c(c1)OCCCO2. The quantitative estimate of drug-likeness (QED) is 0.676. The minimum Gasteiger partial charge on any atom is -0.490 e. The van der Waals surface area contributed by atoms with E-state index in [9.17, 15) is 9.59 Å². The van der Waals surface area contributed by atoms with Gasteiger partial charge in [0.15, 0.2) is 11.5 Å². The van der Waals surface area contributed by atoms with Crippen molar-refractivity contribution < 1.29 is 18.7 Å². The largest absolute Gasteiger partial charge is 0.490 e. The Morgan fingerprint density at radius 3 is 2.55 bits per heavy atom. The number of carbonyl (C=O) groups excluding carboxylic acids is 1. The van der Waals surface area contributed by atoms with Gasteiger partial charge in [-0.15, -0.1) is 0 Å². The van der Waals surface area contributed by atoms with Crippen LogP contribution in [0.3, 0.4) is 0 Å². The van der Waals surface area contributed by atoms with E-state index in [2.05, 4.69) is 5.32 Å². The fourth-order valence-corrected chi connectivity index (χ4v) is 3.45. The Labute approximate surface area is 168 Å². The maximum atomic E-state index is 12.9. The first kappa shape index (κ1) is 19.1. The lowest BCUT2D eigenvalue weighted by Crippen LogP contribution is -2.34. The van der Waals surface area contributed by atoms with Gasteiger partial charge in [0.05, 0.1) is 19.3 Å². The molecule has 1 aliphatic rings. The highest BCUT2D eigenvalue weighted by molar-refractivity contribution is 5.96. The van der Waals surface area contributed by atoms with Crippen LogP contribution in [0.2, 0.25) is 0 Å². The lowest BCUT2D eigenvalue weighted by atomic mass is 9.95. The zero-order chi connectivity index (χ0) is 20.4. The molecule has 0 radical (unpaired) electrons. The summed E-state index contributed by atoms with van der Waals surface area (Å²) in [4.78, 5) is 25.2. The van der Waals surface area contributed by atoms with Crippen molar-refractivity contribution in [3.63, 3.8) is 0 Å². The van der Waals surface area contributed by atoms with Crippen LogP contribution >= 0.6 is 0 Å². The predicted molar refractivity (Wildman–Crippen MR) is 110 cm³/mol. The van der Waals surface area contributed by atoms with E-state index in [1.165, 1.54) is 0 Å². The number of carbonyl (C=O) groups is 1. The lowest BCUT2D eigenvalue weighted by molar-refractivity contribution is 0.0922. The average molecular weight is 393 g/mol. The first-order valence-corrected chi connectivity index (χ1v) is 9.76. The molecule has 0 saturated heterocycles. The van der Waals surface area contributed by atoms with Crippen LogP contribution < -0.4 is 20.4 Å². The van der Waals surface area contributed by atoms with Crippen molar-refractivity contribution in [2.45, 2.75) is 26.3 Å². The van der Waals surface area contributed by atoms with Gasteiger partial charge in [-0.25, -0.2) is 4.79 Å². The molecule has 0 bridgehead atoms. The molecule has 0 unspecified atom stereocenters. The van der Waals surface area contributed by atoms with Gasteiger partial charge in [0.1, 0.15) is 11.1 Å². The molecule has 1 N–H and O–H groups in total. The Morgan fingerprint density at radius 2 is 1.76 bits per heavy atom. The number of hydrogen-bond acceptors (Lipinski definition) is 5. The molecular formula is C23H23NO5. The normalized spacial score (nSPS) is 14.4. The van der Waals surface area contributed by atoms with E-state index in [1.807, 2.05) is 38.1 Å². The molecule has 1 amide bonds. The van der Waals surface area contributed by atoms with E-state index >= 15 is 0 Å². The third-order valence-electron chi connectivity index (χ3n) is 4.97. The Bertz CT molecular complexity index is 1100. The summed E-state index contributed by atoms with van der Waals surface area (Å²) in [6, 6.07) is 14.1. The number of hydrogen-bond donors (Lipinski definition) is 1. The molecule has 1 aliphatic heterocycles. The van der Waals surface area contributed by atoms with Gasteiger partial charge in [0.2, 0.25) is 0 Å². The number of benzene rings is 2. The Hall–Kier alpha value is -3.28. The molecule has 0 spiro atoms. The zero-order valence-corrected chi connectivity index (χ0v) is 16.4. The molecule has 2 aromatic carbocycles. The maximum Gasteiger partial charge on any atom is 0.349 e. The fourth-order valence-electron chi connectivity index (χ4n) is 3.45. The topological polar surface area (TPSA) is 77.8 Å². The lowest BCUT2D eigenvalue weighted by Gasteiger charge is -2.23. The van der Waals surface area contributed by atoms with E-state index < -0.39 is 11.5 Å². The van der Waals surface area contributed by atoms with Crippen LogP contribution in [0.15, 0.2) is 57.7 Å². The fraction of sp³-hybridized carbons (Fsp3) is 0.304. The maximum absolute atomic E-state index is 12.9. The number of rotatable bonds is 4. The molecule has 0 saturated carbocycles. The van der Waals surface area contributed by atoms with E-state index in [4.69, 9.17) is 13.9 Å². The molecule has 0 aliphatic carbocycles. The first-order chi connectivity index (χ1) is 14.0. The van der Waals surface area contributed by atoms with Crippen LogP contribution in [0.25, 0.3) is 11.0 Å². The van der Waals surface area contributed by atoms with Crippen LogP contribution in [0, 0.1) is 5.92 Å². The monoisotopic (exact) mass is 393 g/mol. The summed E-state index contributed by atoms with van der Waals surface area (Å²) >= 11 is 0. The number of amides is 1. The number of fused-ring (bicyclic) bond motifs is 2. The second kappa shape index (κ2) is 7.99. The molecule has 4 rings (SSSR count). The number of ether oxygens (including phenoxy) is 2. The van der Waals surface area contributed by atoms with Gasteiger partial charge in [-0.3, -0.25) is 4.79 Å². The van der Waals surface area contributed by atoms with Crippen molar-refractivity contribution in [2.75, 3.05) is 13.2 Å². The van der Waals surface area contributed by atoms with Gasteiger partial charge in [0.25, 0.3) is 5.91 Å². The van der Waals surface area contributed by atoms with Gasteiger partial charge < -0.3 is 19.2 Å². The van der Waals surface area contributed by atoms with Crippen LogP contribution in [-0.2, 0) is 0 Å². The molecule has 6 nitrogen and oxygen atoms in total. The van der Waals surface area contributed by atoms with Crippen LogP contribution in [-0.4, -0.2) is 19.1 Å². The molecule has 29 heavy (non-hydrogen) atoms. The van der Waals surface area contributed by atoms with Crippen molar-refractivity contribution in [2.24, 2.45) is 5.92 Å². The summed E-state index contributed by atoms with van der Waals surface area (Å²) in [5, 5.41) is 3.68.